The predicted octanol–water partition coefficient (Wildman–Crippen LogP) is 2.40. The second-order valence-electron chi connectivity index (χ2n) is 6.90. The van der Waals surface area contributed by atoms with Gasteiger partial charge < -0.3 is 14.8 Å². The van der Waals surface area contributed by atoms with E-state index in [0.29, 0.717) is 36.9 Å². The number of esters is 1. The van der Waals surface area contributed by atoms with E-state index in [-0.39, 0.29) is 16.9 Å². The minimum absolute atomic E-state index is 0.0621. The third-order valence-electron chi connectivity index (χ3n) is 4.90. The molecule has 1 atom stereocenters. The van der Waals surface area contributed by atoms with Gasteiger partial charge in [0.2, 0.25) is 10.0 Å². The van der Waals surface area contributed by atoms with Crippen LogP contribution < -0.4 is 5.32 Å². The first-order chi connectivity index (χ1) is 14.8. The number of ether oxygens (including phenoxy) is 2. The Bertz CT molecular complexity index is 1020. The third-order valence-corrected chi connectivity index (χ3v) is 7.07. The maximum atomic E-state index is 12.8. The van der Waals surface area contributed by atoms with Gasteiger partial charge in [-0.05, 0) is 42.0 Å². The van der Waals surface area contributed by atoms with Crippen LogP contribution in [0.2, 0.25) is 5.02 Å². The lowest BCUT2D eigenvalue weighted by Gasteiger charge is -2.26. The highest BCUT2D eigenvalue weighted by atomic mass is 35.5. The molecule has 3 rings (SSSR count). The summed E-state index contributed by atoms with van der Waals surface area (Å²) in [4.78, 5) is 24.7. The minimum atomic E-state index is -3.65. The number of nitrogens with zero attached hydrogens (tertiary/aromatic N) is 1. The molecule has 166 valence electrons. The first-order valence-electron chi connectivity index (χ1n) is 9.62. The summed E-state index contributed by atoms with van der Waals surface area (Å²) in [5.41, 5.74) is 0.958. The van der Waals surface area contributed by atoms with Crippen molar-refractivity contribution in [2.45, 2.75) is 17.4 Å². The summed E-state index contributed by atoms with van der Waals surface area (Å²) in [6, 6.07) is 11.8. The van der Waals surface area contributed by atoms with Crippen LogP contribution in [0, 0.1) is 0 Å². The van der Waals surface area contributed by atoms with Gasteiger partial charge in [0.25, 0.3) is 5.91 Å². The molecule has 1 heterocycles. The number of halogens is 1. The molecule has 2 aromatic carbocycles. The predicted molar refractivity (Wildman–Crippen MR) is 114 cm³/mol. The molecule has 1 aliphatic rings. The minimum Gasteiger partial charge on any atom is -0.469 e. The number of amides is 1. The molecule has 0 aliphatic carbocycles. The Morgan fingerprint density at radius 1 is 1.10 bits per heavy atom. The van der Waals surface area contributed by atoms with Crippen molar-refractivity contribution in [1.82, 2.24) is 9.62 Å². The van der Waals surface area contributed by atoms with Gasteiger partial charge in [-0.25, -0.2) is 8.42 Å². The number of carbonyl (C=O) groups excluding carboxylic acids is 2. The number of rotatable bonds is 7. The van der Waals surface area contributed by atoms with Crippen LogP contribution in [0.5, 0.6) is 0 Å². The standard InChI is InChI=1S/C21H23ClN2O6S/c1-29-20(25)14-19(15-2-6-17(22)7-3-15)23-21(26)16-4-8-18(9-5-16)31(27,28)24-10-12-30-13-11-24/h2-9,19H,10-14H2,1H3,(H,23,26). The Labute approximate surface area is 186 Å². The lowest BCUT2D eigenvalue weighted by Crippen LogP contribution is -2.40. The largest absolute Gasteiger partial charge is 0.469 e. The quantitative estimate of drug-likeness (QED) is 0.628. The van der Waals surface area contributed by atoms with Crippen molar-refractivity contribution < 1.29 is 27.5 Å². The molecule has 0 saturated carbocycles. The zero-order valence-corrected chi connectivity index (χ0v) is 18.5. The van der Waals surface area contributed by atoms with Crippen LogP contribution >= 0.6 is 11.6 Å². The highest BCUT2D eigenvalue weighted by Crippen LogP contribution is 2.22. The summed E-state index contributed by atoms with van der Waals surface area (Å²) in [5.74, 6) is -0.925. The molecular formula is C21H23ClN2O6S. The normalized spacial score (nSPS) is 15.8. The second-order valence-corrected chi connectivity index (χ2v) is 9.27. The molecule has 1 saturated heterocycles. The number of hydrogen-bond donors (Lipinski definition) is 1. The van der Waals surface area contributed by atoms with E-state index in [1.807, 2.05) is 0 Å². The van der Waals surface area contributed by atoms with Crippen molar-refractivity contribution in [3.05, 3.63) is 64.7 Å². The molecule has 31 heavy (non-hydrogen) atoms. The van der Waals surface area contributed by atoms with Gasteiger partial charge in [0, 0.05) is 23.7 Å². The molecule has 1 aliphatic heterocycles. The van der Waals surface area contributed by atoms with Gasteiger partial charge in [0.05, 0.1) is 37.7 Å². The summed E-state index contributed by atoms with van der Waals surface area (Å²) in [7, 11) is -2.37. The second kappa shape index (κ2) is 10.2. The molecule has 0 bridgehead atoms. The molecule has 1 N–H and O–H groups in total. The SMILES string of the molecule is COC(=O)CC(NC(=O)c1ccc(S(=O)(=O)N2CCOCC2)cc1)c1ccc(Cl)cc1. The Morgan fingerprint density at radius 3 is 2.29 bits per heavy atom. The van der Waals surface area contributed by atoms with Crippen molar-refractivity contribution in [3.63, 3.8) is 0 Å². The van der Waals surface area contributed by atoms with E-state index in [1.54, 1.807) is 24.3 Å². The van der Waals surface area contributed by atoms with Crippen LogP contribution in [0.3, 0.4) is 0 Å². The van der Waals surface area contributed by atoms with Gasteiger partial charge in [-0.1, -0.05) is 23.7 Å². The van der Waals surface area contributed by atoms with E-state index in [9.17, 15) is 18.0 Å². The lowest BCUT2D eigenvalue weighted by atomic mass is 10.0. The fraction of sp³-hybridized carbons (Fsp3) is 0.333. The maximum Gasteiger partial charge on any atom is 0.307 e. The van der Waals surface area contributed by atoms with Gasteiger partial charge in [-0.15, -0.1) is 0 Å². The average Bonchev–Trinajstić information content (AvgIpc) is 2.79. The Morgan fingerprint density at radius 2 is 1.71 bits per heavy atom. The van der Waals surface area contributed by atoms with Gasteiger partial charge >= 0.3 is 5.97 Å². The summed E-state index contributed by atoms with van der Waals surface area (Å²) >= 11 is 5.92. The van der Waals surface area contributed by atoms with E-state index in [0.717, 1.165) is 0 Å². The molecule has 1 fully saturated rings. The van der Waals surface area contributed by atoms with Crippen LogP contribution in [0.25, 0.3) is 0 Å². The van der Waals surface area contributed by atoms with Gasteiger partial charge in [0.1, 0.15) is 0 Å². The van der Waals surface area contributed by atoms with Gasteiger partial charge in [0.15, 0.2) is 0 Å². The Hall–Kier alpha value is -2.46. The van der Waals surface area contributed by atoms with Crippen molar-refractivity contribution in [3.8, 4) is 0 Å². The lowest BCUT2D eigenvalue weighted by molar-refractivity contribution is -0.141. The van der Waals surface area contributed by atoms with E-state index in [1.165, 1.54) is 35.7 Å². The zero-order valence-electron chi connectivity index (χ0n) is 16.9. The summed E-state index contributed by atoms with van der Waals surface area (Å²) < 4.78 is 36.7. The van der Waals surface area contributed by atoms with Crippen molar-refractivity contribution in [2.24, 2.45) is 0 Å². The van der Waals surface area contributed by atoms with Crippen LogP contribution in [-0.2, 0) is 24.3 Å². The highest BCUT2D eigenvalue weighted by molar-refractivity contribution is 7.89. The van der Waals surface area contributed by atoms with Crippen LogP contribution in [0.15, 0.2) is 53.4 Å². The molecule has 8 nitrogen and oxygen atoms in total. The van der Waals surface area contributed by atoms with Crippen LogP contribution in [0.4, 0.5) is 0 Å². The third kappa shape index (κ3) is 5.82. The van der Waals surface area contributed by atoms with E-state index in [2.05, 4.69) is 5.32 Å². The van der Waals surface area contributed by atoms with Crippen molar-refractivity contribution in [1.29, 1.82) is 0 Å². The highest BCUT2D eigenvalue weighted by Gasteiger charge is 2.26. The Kier molecular flexibility index (Phi) is 7.66. The van der Waals surface area contributed by atoms with E-state index >= 15 is 0 Å². The number of nitrogens with one attached hydrogen (secondary N) is 1. The van der Waals surface area contributed by atoms with Gasteiger partial charge in [-0.2, -0.15) is 4.31 Å². The first kappa shape index (κ1) is 23.2. The smallest absolute Gasteiger partial charge is 0.307 e. The Balaban J connectivity index is 1.75. The summed E-state index contributed by atoms with van der Waals surface area (Å²) in [5, 5.41) is 3.33. The van der Waals surface area contributed by atoms with Crippen LogP contribution in [-0.4, -0.2) is 58.0 Å². The number of sulfonamides is 1. The number of benzene rings is 2. The van der Waals surface area contributed by atoms with E-state index < -0.39 is 27.9 Å². The molecule has 1 unspecified atom stereocenters. The molecule has 0 spiro atoms. The molecule has 2 aromatic rings. The van der Waals surface area contributed by atoms with Crippen molar-refractivity contribution in [2.75, 3.05) is 33.4 Å². The monoisotopic (exact) mass is 466 g/mol. The average molecular weight is 467 g/mol. The maximum absolute atomic E-state index is 12.8. The van der Waals surface area contributed by atoms with Crippen molar-refractivity contribution >= 4 is 33.5 Å². The van der Waals surface area contributed by atoms with Gasteiger partial charge in [-0.3, -0.25) is 9.59 Å². The fourth-order valence-corrected chi connectivity index (χ4v) is 4.69. The number of hydrogen-bond acceptors (Lipinski definition) is 6. The molecular weight excluding hydrogens is 444 g/mol. The number of carbonyl (C=O) groups is 2. The zero-order chi connectivity index (χ0) is 22.4. The molecule has 0 radical (unpaired) electrons. The van der Waals surface area contributed by atoms with E-state index in [4.69, 9.17) is 21.1 Å². The molecule has 1 amide bonds. The molecule has 0 aromatic heterocycles. The fourth-order valence-electron chi connectivity index (χ4n) is 3.15. The first-order valence-corrected chi connectivity index (χ1v) is 11.4. The summed E-state index contributed by atoms with van der Waals surface area (Å²) in [6.45, 7) is 1.29. The summed E-state index contributed by atoms with van der Waals surface area (Å²) in [6.07, 6.45) is -0.0621. The number of morpholine rings is 1. The number of methoxy groups -OCH3 is 1. The topological polar surface area (TPSA) is 102 Å². The van der Waals surface area contributed by atoms with Crippen LogP contribution in [0.1, 0.15) is 28.4 Å². The molecule has 10 heteroatoms.